The van der Waals surface area contributed by atoms with Gasteiger partial charge in [-0.3, -0.25) is 0 Å². The zero-order valence-corrected chi connectivity index (χ0v) is 40.9. The largest absolute Gasteiger partial charge is 0.310 e. The highest BCUT2D eigenvalue weighted by Gasteiger charge is 2.53. The molecule has 2 aliphatic rings. The van der Waals surface area contributed by atoms with Crippen molar-refractivity contribution >= 4 is 38.6 Å². The molecule has 73 heavy (non-hydrogen) atoms. The Morgan fingerprint density at radius 1 is 0.260 bits per heavy atom. The fraction of sp³-hybridized carbons (Fsp3) is 0.0556. The maximum absolute atomic E-state index is 2.50. The van der Waals surface area contributed by atoms with Crippen molar-refractivity contribution in [3.63, 3.8) is 0 Å². The number of benzene rings is 12. The number of hydrogen-bond acceptors (Lipinski definition) is 1. The minimum atomic E-state index is -0.480. The van der Waals surface area contributed by atoms with Crippen molar-refractivity contribution in [3.05, 3.63) is 306 Å². The summed E-state index contributed by atoms with van der Waals surface area (Å²) in [5, 5.41) is 5.05. The van der Waals surface area contributed by atoms with E-state index in [0.29, 0.717) is 0 Å². The van der Waals surface area contributed by atoms with Gasteiger partial charge in [0.15, 0.2) is 0 Å². The summed E-state index contributed by atoms with van der Waals surface area (Å²) in [4.78, 5) is 2.50. The Kier molecular flexibility index (Phi) is 9.85. The Hall–Kier alpha value is -9.04. The summed E-state index contributed by atoms with van der Waals surface area (Å²) >= 11 is 0. The lowest BCUT2D eigenvalue weighted by Gasteiger charge is -2.46. The van der Waals surface area contributed by atoms with E-state index in [2.05, 4.69) is 292 Å². The molecule has 1 spiro atoms. The number of rotatable bonds is 7. The van der Waals surface area contributed by atoms with E-state index in [1.165, 1.54) is 105 Å². The molecule has 0 saturated heterocycles. The van der Waals surface area contributed by atoms with Crippen LogP contribution in [0.25, 0.3) is 77.2 Å². The molecule has 0 N–H and O–H groups in total. The van der Waals surface area contributed by atoms with Crippen LogP contribution in [0.5, 0.6) is 0 Å². The van der Waals surface area contributed by atoms with Crippen LogP contribution in [0.15, 0.2) is 273 Å². The Balaban J connectivity index is 0.990. The first-order chi connectivity index (χ1) is 36.0. The van der Waals surface area contributed by atoms with Gasteiger partial charge in [-0.05, 0) is 135 Å². The average molecular weight is 930 g/mol. The Bertz CT molecular complexity index is 4070. The van der Waals surface area contributed by atoms with Crippen LogP contribution in [-0.2, 0) is 10.8 Å². The van der Waals surface area contributed by atoms with E-state index in [-0.39, 0.29) is 5.41 Å². The summed E-state index contributed by atoms with van der Waals surface area (Å²) in [6.45, 7) is 4.79. The lowest BCUT2D eigenvalue weighted by molar-refractivity contribution is 0.563. The maximum Gasteiger partial charge on any atom is 0.0719 e. The van der Waals surface area contributed by atoms with E-state index in [1.54, 1.807) is 0 Å². The highest BCUT2D eigenvalue weighted by molar-refractivity contribution is 6.12. The van der Waals surface area contributed by atoms with Gasteiger partial charge in [0.2, 0.25) is 0 Å². The van der Waals surface area contributed by atoms with Crippen molar-refractivity contribution in [2.45, 2.75) is 24.7 Å². The molecule has 12 aromatic rings. The first-order valence-corrected chi connectivity index (χ1v) is 25.6. The summed E-state index contributed by atoms with van der Waals surface area (Å²) in [7, 11) is 0. The van der Waals surface area contributed by atoms with E-state index < -0.39 is 5.41 Å². The molecule has 0 heterocycles. The summed E-state index contributed by atoms with van der Waals surface area (Å²) < 4.78 is 0. The van der Waals surface area contributed by atoms with Crippen LogP contribution in [0.3, 0.4) is 0 Å². The molecule has 2 aliphatic carbocycles. The van der Waals surface area contributed by atoms with Gasteiger partial charge < -0.3 is 4.90 Å². The van der Waals surface area contributed by atoms with E-state index in [4.69, 9.17) is 0 Å². The van der Waals surface area contributed by atoms with E-state index in [0.717, 1.165) is 22.6 Å². The molecule has 0 fully saturated rings. The van der Waals surface area contributed by atoms with Crippen molar-refractivity contribution < 1.29 is 0 Å². The summed E-state index contributed by atoms with van der Waals surface area (Å²) in [5.41, 5.74) is 22.9. The second-order valence-electron chi connectivity index (χ2n) is 20.3. The van der Waals surface area contributed by atoms with E-state index in [9.17, 15) is 0 Å². The third-order valence-corrected chi connectivity index (χ3v) is 16.2. The first-order valence-electron chi connectivity index (χ1n) is 25.6. The predicted octanol–water partition coefficient (Wildman–Crippen LogP) is 19.1. The highest BCUT2D eigenvalue weighted by Crippen LogP contribution is 2.63. The van der Waals surface area contributed by atoms with Gasteiger partial charge in [0, 0.05) is 22.4 Å². The molecule has 12 aromatic carbocycles. The third-order valence-electron chi connectivity index (χ3n) is 16.2. The number of para-hydroxylation sites is 1. The van der Waals surface area contributed by atoms with Gasteiger partial charge >= 0.3 is 0 Å². The quantitative estimate of drug-likeness (QED) is 0.144. The number of fused-ring (bicyclic) bond motifs is 12. The monoisotopic (exact) mass is 929 g/mol. The number of hydrogen-bond donors (Lipinski definition) is 0. The van der Waals surface area contributed by atoms with Gasteiger partial charge in [0.1, 0.15) is 0 Å². The molecular weight excluding hydrogens is 879 g/mol. The highest BCUT2D eigenvalue weighted by atomic mass is 15.1. The average Bonchev–Trinajstić information content (AvgIpc) is 3.75. The van der Waals surface area contributed by atoms with Crippen molar-refractivity contribution in [2.75, 3.05) is 4.90 Å². The lowest BCUT2D eigenvalue weighted by atomic mass is 9.55. The fourth-order valence-corrected chi connectivity index (χ4v) is 12.9. The van der Waals surface area contributed by atoms with Crippen LogP contribution in [-0.4, -0.2) is 0 Å². The molecule has 0 radical (unpaired) electrons. The number of nitrogens with zero attached hydrogens (tertiary/aromatic N) is 1. The van der Waals surface area contributed by atoms with Crippen LogP contribution in [0.2, 0.25) is 0 Å². The standard InChI is InChI=1S/C72H51N/c1-71(2)66-34-15-17-36-68(66)72(69-37-18-16-35-67(69)71)64-33-14-12-29-61(64)63-47-52(44-46-65(63)72)73(51-42-39-50(40-43-51)55-31-20-32-57-54-24-7-6-23-49(54)41-45-60(55)57)70-38-19-13-30-62(70)59-28-11-10-27-58(59)56-26-9-8-25-53(56)48-21-4-3-5-22-48/h3-47H,1-2H3. The van der Waals surface area contributed by atoms with Crippen molar-refractivity contribution in [3.8, 4) is 55.6 Å². The molecular formula is C72H51N. The van der Waals surface area contributed by atoms with Gasteiger partial charge in [-0.25, -0.2) is 0 Å². The lowest BCUT2D eigenvalue weighted by Crippen LogP contribution is -2.40. The molecule has 0 bridgehead atoms. The predicted molar refractivity (Wildman–Crippen MR) is 307 cm³/mol. The minimum Gasteiger partial charge on any atom is -0.310 e. The zero-order chi connectivity index (χ0) is 48.7. The summed E-state index contributed by atoms with van der Waals surface area (Å²) in [6, 6.07) is 102. The smallest absolute Gasteiger partial charge is 0.0719 e. The number of anilines is 3. The van der Waals surface area contributed by atoms with Crippen LogP contribution >= 0.6 is 0 Å². The Morgan fingerprint density at radius 3 is 1.45 bits per heavy atom. The van der Waals surface area contributed by atoms with Gasteiger partial charge in [0.05, 0.1) is 11.1 Å². The second kappa shape index (κ2) is 16.8. The van der Waals surface area contributed by atoms with Crippen LogP contribution in [0.1, 0.15) is 47.2 Å². The van der Waals surface area contributed by atoms with Crippen LogP contribution < -0.4 is 4.90 Å². The van der Waals surface area contributed by atoms with Gasteiger partial charge in [-0.15, -0.1) is 0 Å². The Morgan fingerprint density at radius 2 is 0.740 bits per heavy atom. The normalized spacial score (nSPS) is 13.6. The molecule has 0 aromatic heterocycles. The SMILES string of the molecule is CC1(C)c2ccccc2C2(c3ccccc3-c3cc(N(c4ccc(-c5cccc6c5ccc5ccccc56)cc4)c4ccccc4-c4ccccc4-c4ccccc4-c4ccccc4)ccc32)c2ccccc21. The van der Waals surface area contributed by atoms with Crippen LogP contribution in [0.4, 0.5) is 17.1 Å². The maximum atomic E-state index is 2.50. The van der Waals surface area contributed by atoms with Crippen molar-refractivity contribution in [2.24, 2.45) is 0 Å². The fourth-order valence-electron chi connectivity index (χ4n) is 12.9. The third kappa shape index (κ3) is 6.48. The van der Waals surface area contributed by atoms with E-state index >= 15 is 0 Å². The molecule has 344 valence electrons. The zero-order valence-electron chi connectivity index (χ0n) is 40.9. The molecule has 0 unspecified atom stereocenters. The molecule has 0 atom stereocenters. The van der Waals surface area contributed by atoms with Gasteiger partial charge in [-0.2, -0.15) is 0 Å². The van der Waals surface area contributed by atoms with Gasteiger partial charge in [-0.1, -0.05) is 257 Å². The topological polar surface area (TPSA) is 3.24 Å². The van der Waals surface area contributed by atoms with Crippen LogP contribution in [0, 0.1) is 0 Å². The first kappa shape index (κ1) is 42.8. The van der Waals surface area contributed by atoms with Gasteiger partial charge in [0.25, 0.3) is 0 Å². The summed E-state index contributed by atoms with van der Waals surface area (Å²) in [5.74, 6) is 0. The van der Waals surface area contributed by atoms with Crippen molar-refractivity contribution in [1.29, 1.82) is 0 Å². The molecule has 0 amide bonds. The molecule has 14 rings (SSSR count). The minimum absolute atomic E-state index is 0.166. The van der Waals surface area contributed by atoms with Crippen molar-refractivity contribution in [1.82, 2.24) is 0 Å². The molecule has 1 nitrogen and oxygen atoms in total. The Labute approximate surface area is 428 Å². The summed E-state index contributed by atoms with van der Waals surface area (Å²) in [6.07, 6.45) is 0. The molecule has 0 aliphatic heterocycles. The molecule has 0 saturated carbocycles. The van der Waals surface area contributed by atoms with E-state index in [1.807, 2.05) is 0 Å². The second-order valence-corrected chi connectivity index (χ2v) is 20.3. The molecule has 1 heteroatoms.